The van der Waals surface area contributed by atoms with Gasteiger partial charge < -0.3 is 19.2 Å². The predicted octanol–water partition coefficient (Wildman–Crippen LogP) is 1.79. The van der Waals surface area contributed by atoms with Gasteiger partial charge in [-0.15, -0.1) is 0 Å². The van der Waals surface area contributed by atoms with Crippen LogP contribution in [0.2, 0.25) is 0 Å². The van der Waals surface area contributed by atoms with Gasteiger partial charge >= 0.3 is 0 Å². The predicted molar refractivity (Wildman–Crippen MR) is 93.7 cm³/mol. The number of carbonyl (C=O) groups excluding carboxylic acids is 1. The molecule has 2 aromatic rings. The molecule has 1 aliphatic rings. The summed E-state index contributed by atoms with van der Waals surface area (Å²) in [7, 11) is 0. The number of rotatable bonds is 6. The van der Waals surface area contributed by atoms with Gasteiger partial charge in [-0.2, -0.15) is 0 Å². The number of benzene rings is 1. The SMILES string of the molecule is Cc1cccc(OCC(O)CN2CCN(C(=O)c3ccco3)CC2)c1. The van der Waals surface area contributed by atoms with Gasteiger partial charge in [0.2, 0.25) is 0 Å². The van der Waals surface area contributed by atoms with Gasteiger partial charge in [0.1, 0.15) is 18.5 Å². The molecular formula is C19H24N2O4. The molecule has 1 atom stereocenters. The van der Waals surface area contributed by atoms with Crippen LogP contribution < -0.4 is 4.74 Å². The summed E-state index contributed by atoms with van der Waals surface area (Å²) < 4.78 is 10.8. The Hall–Kier alpha value is -2.31. The van der Waals surface area contributed by atoms with Crippen LogP contribution in [0, 0.1) is 6.92 Å². The summed E-state index contributed by atoms with van der Waals surface area (Å²) in [6, 6.07) is 11.2. The van der Waals surface area contributed by atoms with Crippen LogP contribution in [0.5, 0.6) is 5.75 Å². The van der Waals surface area contributed by atoms with Crippen LogP contribution in [-0.2, 0) is 0 Å². The van der Waals surface area contributed by atoms with Gasteiger partial charge in [0.25, 0.3) is 5.91 Å². The monoisotopic (exact) mass is 344 g/mol. The topological polar surface area (TPSA) is 66.2 Å². The molecule has 1 aromatic heterocycles. The van der Waals surface area contributed by atoms with E-state index in [1.807, 2.05) is 31.2 Å². The third-order valence-electron chi connectivity index (χ3n) is 4.29. The van der Waals surface area contributed by atoms with E-state index in [1.165, 1.54) is 6.26 Å². The molecule has 0 aliphatic carbocycles. The molecule has 3 rings (SSSR count). The number of carbonyl (C=O) groups is 1. The second-order valence-corrected chi connectivity index (χ2v) is 6.35. The summed E-state index contributed by atoms with van der Waals surface area (Å²) in [4.78, 5) is 16.2. The van der Waals surface area contributed by atoms with Gasteiger partial charge in [-0.25, -0.2) is 0 Å². The van der Waals surface area contributed by atoms with Crippen LogP contribution >= 0.6 is 0 Å². The van der Waals surface area contributed by atoms with Crippen LogP contribution in [0.3, 0.4) is 0 Å². The minimum atomic E-state index is -0.562. The van der Waals surface area contributed by atoms with E-state index in [-0.39, 0.29) is 12.5 Å². The Morgan fingerprint density at radius 3 is 2.72 bits per heavy atom. The summed E-state index contributed by atoms with van der Waals surface area (Å²) in [5, 5.41) is 10.2. The first kappa shape index (κ1) is 17.5. The maximum absolute atomic E-state index is 12.2. The summed E-state index contributed by atoms with van der Waals surface area (Å²) in [5.74, 6) is 1.07. The van der Waals surface area contributed by atoms with Crippen molar-refractivity contribution >= 4 is 5.91 Å². The van der Waals surface area contributed by atoms with E-state index < -0.39 is 6.10 Å². The Balaban J connectivity index is 1.40. The van der Waals surface area contributed by atoms with Crippen molar-refractivity contribution in [1.82, 2.24) is 9.80 Å². The number of nitrogens with zero attached hydrogens (tertiary/aromatic N) is 2. The lowest BCUT2D eigenvalue weighted by molar-refractivity contribution is 0.0389. The first-order valence-electron chi connectivity index (χ1n) is 8.54. The first-order chi connectivity index (χ1) is 12.1. The van der Waals surface area contributed by atoms with Crippen LogP contribution in [0.1, 0.15) is 16.1 Å². The highest BCUT2D eigenvalue weighted by molar-refractivity contribution is 5.91. The van der Waals surface area contributed by atoms with E-state index >= 15 is 0 Å². The van der Waals surface area contributed by atoms with E-state index in [0.29, 0.717) is 25.4 Å². The standard InChI is InChI=1S/C19H24N2O4/c1-15-4-2-5-17(12-15)25-14-16(22)13-20-7-9-21(10-8-20)19(23)18-6-3-11-24-18/h2-6,11-12,16,22H,7-10,13-14H2,1H3. The van der Waals surface area contributed by atoms with E-state index in [4.69, 9.17) is 9.15 Å². The quantitative estimate of drug-likeness (QED) is 0.865. The van der Waals surface area contributed by atoms with Crippen molar-refractivity contribution in [1.29, 1.82) is 0 Å². The van der Waals surface area contributed by atoms with Gasteiger partial charge in [-0.1, -0.05) is 12.1 Å². The molecule has 1 fully saturated rings. The van der Waals surface area contributed by atoms with E-state index in [0.717, 1.165) is 24.4 Å². The van der Waals surface area contributed by atoms with Crippen LogP contribution in [0.15, 0.2) is 47.1 Å². The van der Waals surface area contributed by atoms with E-state index in [9.17, 15) is 9.90 Å². The number of hydrogen-bond donors (Lipinski definition) is 1. The second-order valence-electron chi connectivity index (χ2n) is 6.35. The minimum absolute atomic E-state index is 0.0759. The van der Waals surface area contributed by atoms with Crippen molar-refractivity contribution < 1.29 is 19.1 Å². The Labute approximate surface area is 147 Å². The molecule has 0 saturated carbocycles. The molecule has 0 radical (unpaired) electrons. The number of aliphatic hydroxyl groups excluding tert-OH is 1. The smallest absolute Gasteiger partial charge is 0.289 e. The summed E-state index contributed by atoms with van der Waals surface area (Å²) in [6.07, 6.45) is 0.946. The fourth-order valence-corrected chi connectivity index (χ4v) is 2.94. The molecule has 6 heteroatoms. The zero-order valence-electron chi connectivity index (χ0n) is 14.4. The second kappa shape index (κ2) is 8.18. The lowest BCUT2D eigenvalue weighted by Gasteiger charge is -2.35. The van der Waals surface area contributed by atoms with Gasteiger partial charge in [-0.3, -0.25) is 9.69 Å². The molecule has 1 saturated heterocycles. The molecule has 2 heterocycles. The number of furan rings is 1. The Kier molecular flexibility index (Phi) is 5.73. The fraction of sp³-hybridized carbons (Fsp3) is 0.421. The molecule has 1 N–H and O–H groups in total. The van der Waals surface area contributed by atoms with Crippen molar-refractivity contribution in [2.75, 3.05) is 39.3 Å². The maximum Gasteiger partial charge on any atom is 0.289 e. The zero-order valence-corrected chi connectivity index (χ0v) is 14.4. The highest BCUT2D eigenvalue weighted by atomic mass is 16.5. The average molecular weight is 344 g/mol. The summed E-state index contributed by atoms with van der Waals surface area (Å²) in [6.45, 7) is 5.52. The Bertz CT molecular complexity index is 678. The third-order valence-corrected chi connectivity index (χ3v) is 4.29. The molecule has 1 aromatic carbocycles. The number of piperazine rings is 1. The molecule has 1 amide bonds. The molecule has 6 nitrogen and oxygen atoms in total. The zero-order chi connectivity index (χ0) is 17.6. The van der Waals surface area contributed by atoms with Crippen LogP contribution in [0.4, 0.5) is 0 Å². The molecule has 134 valence electrons. The number of amides is 1. The van der Waals surface area contributed by atoms with Crippen molar-refractivity contribution in [2.45, 2.75) is 13.0 Å². The van der Waals surface area contributed by atoms with E-state index in [1.54, 1.807) is 17.0 Å². The Morgan fingerprint density at radius 2 is 2.04 bits per heavy atom. The summed E-state index contributed by atoms with van der Waals surface area (Å²) in [5.41, 5.74) is 1.13. The Morgan fingerprint density at radius 1 is 1.24 bits per heavy atom. The fourth-order valence-electron chi connectivity index (χ4n) is 2.94. The molecule has 25 heavy (non-hydrogen) atoms. The number of ether oxygens (including phenoxy) is 1. The minimum Gasteiger partial charge on any atom is -0.491 e. The third kappa shape index (κ3) is 4.84. The van der Waals surface area contributed by atoms with Crippen molar-refractivity contribution in [3.8, 4) is 5.75 Å². The highest BCUT2D eigenvalue weighted by Gasteiger charge is 2.24. The van der Waals surface area contributed by atoms with Gasteiger partial charge in [0.05, 0.1) is 6.26 Å². The first-order valence-corrected chi connectivity index (χ1v) is 8.54. The number of aryl methyl sites for hydroxylation is 1. The summed E-state index contributed by atoms with van der Waals surface area (Å²) >= 11 is 0. The van der Waals surface area contributed by atoms with Crippen LogP contribution in [0.25, 0.3) is 0 Å². The molecule has 0 spiro atoms. The lowest BCUT2D eigenvalue weighted by Crippen LogP contribution is -2.50. The average Bonchev–Trinajstić information content (AvgIpc) is 3.15. The van der Waals surface area contributed by atoms with Crippen LogP contribution in [-0.4, -0.2) is 66.2 Å². The molecular weight excluding hydrogens is 320 g/mol. The van der Waals surface area contributed by atoms with Gasteiger partial charge in [-0.05, 0) is 36.8 Å². The number of hydrogen-bond acceptors (Lipinski definition) is 5. The largest absolute Gasteiger partial charge is 0.491 e. The van der Waals surface area contributed by atoms with Crippen molar-refractivity contribution in [3.63, 3.8) is 0 Å². The van der Waals surface area contributed by atoms with E-state index in [2.05, 4.69) is 4.90 Å². The van der Waals surface area contributed by atoms with Crippen molar-refractivity contribution in [2.24, 2.45) is 0 Å². The number of β-amino-alcohol motifs (C(OH)–C–C–N with tert-alkyl or cyclic N) is 1. The molecule has 0 bridgehead atoms. The lowest BCUT2D eigenvalue weighted by atomic mass is 10.2. The maximum atomic E-state index is 12.2. The van der Waals surface area contributed by atoms with Gasteiger partial charge in [0.15, 0.2) is 5.76 Å². The van der Waals surface area contributed by atoms with Crippen molar-refractivity contribution in [3.05, 3.63) is 54.0 Å². The molecule has 1 aliphatic heterocycles. The van der Waals surface area contributed by atoms with Gasteiger partial charge in [0, 0.05) is 32.7 Å². The highest BCUT2D eigenvalue weighted by Crippen LogP contribution is 2.13. The molecule has 1 unspecified atom stereocenters. The normalized spacial score (nSPS) is 16.6. The number of aliphatic hydroxyl groups is 1.